The van der Waals surface area contributed by atoms with Crippen molar-refractivity contribution in [2.24, 2.45) is 10.9 Å². The molecule has 0 amide bonds. The van der Waals surface area contributed by atoms with Gasteiger partial charge in [-0.05, 0) is 0 Å². The summed E-state index contributed by atoms with van der Waals surface area (Å²) < 4.78 is 0. The summed E-state index contributed by atoms with van der Waals surface area (Å²) in [5.41, 5.74) is 5.55. The highest BCUT2D eigenvalue weighted by Crippen LogP contribution is 2.20. The van der Waals surface area contributed by atoms with Crippen molar-refractivity contribution in [1.29, 1.82) is 0 Å². The number of oxime groups is 1. The molecule has 12 heavy (non-hydrogen) atoms. The highest BCUT2D eigenvalue weighted by Gasteiger charge is 2.14. The average molecular weight is 203 g/mol. The van der Waals surface area contributed by atoms with Crippen molar-refractivity contribution in [3.63, 3.8) is 0 Å². The SMILES string of the molecule is CON=C(C=S)N1C=C(N)SC1. The van der Waals surface area contributed by atoms with Gasteiger partial charge in [0.05, 0.1) is 10.9 Å². The van der Waals surface area contributed by atoms with E-state index in [1.807, 2.05) is 4.90 Å². The number of amidine groups is 1. The molecule has 0 atom stereocenters. The molecular formula is C6H9N3OS2. The van der Waals surface area contributed by atoms with Gasteiger partial charge in [-0.1, -0.05) is 29.1 Å². The Bertz CT molecular complexity index is 239. The molecule has 1 heterocycles. The van der Waals surface area contributed by atoms with Crippen LogP contribution in [-0.4, -0.2) is 29.1 Å². The molecule has 0 fully saturated rings. The predicted molar refractivity (Wildman–Crippen MR) is 54.7 cm³/mol. The summed E-state index contributed by atoms with van der Waals surface area (Å²) in [5.74, 6) is 1.33. The number of hydrogen-bond acceptors (Lipinski definition) is 5. The zero-order valence-electron chi connectivity index (χ0n) is 6.56. The number of nitrogens with zero attached hydrogens (tertiary/aromatic N) is 2. The van der Waals surface area contributed by atoms with Gasteiger partial charge in [0.25, 0.3) is 0 Å². The summed E-state index contributed by atoms with van der Waals surface area (Å²) in [6.07, 6.45) is 1.78. The van der Waals surface area contributed by atoms with Crippen molar-refractivity contribution in [1.82, 2.24) is 4.90 Å². The summed E-state index contributed by atoms with van der Waals surface area (Å²) >= 11 is 6.29. The van der Waals surface area contributed by atoms with E-state index in [0.717, 1.165) is 10.9 Å². The molecule has 1 aliphatic heterocycles. The van der Waals surface area contributed by atoms with Crippen LogP contribution >= 0.6 is 24.0 Å². The van der Waals surface area contributed by atoms with Gasteiger partial charge < -0.3 is 15.5 Å². The summed E-state index contributed by atoms with van der Waals surface area (Å²) in [6.45, 7) is 0. The smallest absolute Gasteiger partial charge is 0.183 e. The second-order valence-electron chi connectivity index (χ2n) is 2.02. The Hall–Kier alpha value is -0.750. The van der Waals surface area contributed by atoms with Crippen LogP contribution in [0.15, 0.2) is 16.4 Å². The maximum absolute atomic E-state index is 5.55. The van der Waals surface area contributed by atoms with E-state index >= 15 is 0 Å². The highest BCUT2D eigenvalue weighted by atomic mass is 32.2. The van der Waals surface area contributed by atoms with Crippen molar-refractivity contribution < 1.29 is 4.84 Å². The van der Waals surface area contributed by atoms with E-state index in [1.165, 1.54) is 24.2 Å². The van der Waals surface area contributed by atoms with Gasteiger partial charge in [0.1, 0.15) is 7.11 Å². The van der Waals surface area contributed by atoms with Crippen LogP contribution in [0.25, 0.3) is 0 Å². The molecule has 0 saturated heterocycles. The first kappa shape index (κ1) is 9.34. The van der Waals surface area contributed by atoms with E-state index in [4.69, 9.17) is 18.0 Å². The van der Waals surface area contributed by atoms with Crippen LogP contribution in [0.3, 0.4) is 0 Å². The standard InChI is InChI=1S/C6H9N3OS2/c1-10-8-6(3-11)9-2-5(7)12-4-9/h2-3H,4,7H2,1H3. The maximum Gasteiger partial charge on any atom is 0.183 e. The Balaban J connectivity index is 2.68. The van der Waals surface area contributed by atoms with Crippen molar-refractivity contribution in [2.45, 2.75) is 0 Å². The fraction of sp³-hybridized carbons (Fsp3) is 0.333. The van der Waals surface area contributed by atoms with E-state index in [1.54, 1.807) is 6.20 Å². The van der Waals surface area contributed by atoms with E-state index in [0.29, 0.717) is 5.84 Å². The quantitative estimate of drug-likeness (QED) is 0.310. The van der Waals surface area contributed by atoms with Crippen LogP contribution in [0.2, 0.25) is 0 Å². The Labute approximate surface area is 80.4 Å². The molecule has 0 aromatic rings. The molecule has 66 valence electrons. The lowest BCUT2D eigenvalue weighted by Gasteiger charge is -2.11. The molecule has 0 aliphatic carbocycles. The fourth-order valence-electron chi connectivity index (χ4n) is 0.740. The molecular weight excluding hydrogens is 194 g/mol. The highest BCUT2D eigenvalue weighted by molar-refractivity contribution is 8.03. The lowest BCUT2D eigenvalue weighted by Crippen LogP contribution is -2.23. The van der Waals surface area contributed by atoms with E-state index in [-0.39, 0.29) is 0 Å². The molecule has 0 unspecified atom stereocenters. The van der Waals surface area contributed by atoms with Crippen molar-refractivity contribution >= 4 is 35.2 Å². The minimum Gasteiger partial charge on any atom is -0.397 e. The molecule has 1 aliphatic rings. The Morgan fingerprint density at radius 2 is 2.75 bits per heavy atom. The van der Waals surface area contributed by atoms with Gasteiger partial charge in [-0.15, -0.1) is 0 Å². The zero-order chi connectivity index (χ0) is 8.97. The summed E-state index contributed by atoms with van der Waals surface area (Å²) in [7, 11) is 1.48. The Kier molecular flexibility index (Phi) is 3.36. The zero-order valence-corrected chi connectivity index (χ0v) is 8.19. The van der Waals surface area contributed by atoms with E-state index in [2.05, 4.69) is 9.99 Å². The van der Waals surface area contributed by atoms with Crippen LogP contribution in [0, 0.1) is 0 Å². The molecule has 0 aromatic carbocycles. The van der Waals surface area contributed by atoms with Gasteiger partial charge in [-0.3, -0.25) is 0 Å². The van der Waals surface area contributed by atoms with Gasteiger partial charge in [-0.25, -0.2) is 0 Å². The number of hydrogen-bond donors (Lipinski definition) is 1. The third-order valence-corrected chi connectivity index (χ3v) is 2.29. The molecule has 6 heteroatoms. The minimum absolute atomic E-state index is 0.598. The van der Waals surface area contributed by atoms with E-state index < -0.39 is 0 Å². The maximum atomic E-state index is 5.55. The number of nitrogens with two attached hydrogens (primary N) is 1. The van der Waals surface area contributed by atoms with Gasteiger partial charge in [0, 0.05) is 11.6 Å². The van der Waals surface area contributed by atoms with Gasteiger partial charge >= 0.3 is 0 Å². The third-order valence-electron chi connectivity index (χ3n) is 1.24. The third kappa shape index (κ3) is 2.12. The van der Waals surface area contributed by atoms with E-state index in [9.17, 15) is 0 Å². The first-order valence-corrected chi connectivity index (χ1v) is 4.66. The Morgan fingerprint density at radius 3 is 3.17 bits per heavy atom. The lowest BCUT2D eigenvalue weighted by atomic mass is 10.6. The summed E-state index contributed by atoms with van der Waals surface area (Å²) in [4.78, 5) is 6.44. The molecule has 2 N–H and O–H groups in total. The molecule has 0 aromatic heterocycles. The second-order valence-corrected chi connectivity index (χ2v) is 3.28. The van der Waals surface area contributed by atoms with Gasteiger partial charge in [0.15, 0.2) is 5.84 Å². The van der Waals surface area contributed by atoms with Gasteiger partial charge in [-0.2, -0.15) is 0 Å². The Morgan fingerprint density at radius 1 is 2.00 bits per heavy atom. The largest absolute Gasteiger partial charge is 0.397 e. The van der Waals surface area contributed by atoms with Crippen LogP contribution in [0.5, 0.6) is 0 Å². The number of thioether (sulfide) groups is 1. The summed E-state index contributed by atoms with van der Waals surface area (Å²) in [5, 5.41) is 5.95. The average Bonchev–Trinajstić information content (AvgIpc) is 2.47. The van der Waals surface area contributed by atoms with Crippen LogP contribution in [0.4, 0.5) is 0 Å². The van der Waals surface area contributed by atoms with Gasteiger partial charge in [0.2, 0.25) is 0 Å². The molecule has 1 rings (SSSR count). The lowest BCUT2D eigenvalue weighted by molar-refractivity contribution is 0.210. The molecule has 0 bridgehead atoms. The summed E-state index contributed by atoms with van der Waals surface area (Å²) in [6, 6.07) is 0. The molecule has 0 spiro atoms. The fourth-order valence-corrected chi connectivity index (χ4v) is 1.61. The van der Waals surface area contributed by atoms with Crippen molar-refractivity contribution in [3.05, 3.63) is 11.2 Å². The number of rotatable bonds is 2. The van der Waals surface area contributed by atoms with Crippen LogP contribution in [-0.2, 0) is 4.84 Å². The minimum atomic E-state index is 0.598. The molecule has 4 nitrogen and oxygen atoms in total. The normalized spacial score (nSPS) is 17.6. The van der Waals surface area contributed by atoms with Crippen LogP contribution < -0.4 is 5.73 Å². The monoisotopic (exact) mass is 203 g/mol. The van der Waals surface area contributed by atoms with Crippen molar-refractivity contribution in [2.75, 3.05) is 13.0 Å². The second kappa shape index (κ2) is 4.32. The first-order valence-electron chi connectivity index (χ1n) is 3.21. The molecule has 0 radical (unpaired) electrons. The number of thiocarbonyl (C=S) groups is 1. The van der Waals surface area contributed by atoms with Crippen LogP contribution in [0.1, 0.15) is 0 Å². The predicted octanol–water partition coefficient (Wildman–Crippen LogP) is 0.710. The van der Waals surface area contributed by atoms with Crippen molar-refractivity contribution in [3.8, 4) is 0 Å². The molecule has 0 saturated carbocycles. The topological polar surface area (TPSA) is 50.8 Å². The first-order chi connectivity index (χ1) is 5.77.